The van der Waals surface area contributed by atoms with Gasteiger partial charge in [0.05, 0.1) is 17.4 Å². The van der Waals surface area contributed by atoms with E-state index >= 15 is 0 Å². The van der Waals surface area contributed by atoms with Crippen LogP contribution in [0.5, 0.6) is 5.75 Å². The van der Waals surface area contributed by atoms with E-state index in [4.69, 9.17) is 0 Å². The van der Waals surface area contributed by atoms with Gasteiger partial charge in [0, 0.05) is 36.8 Å². The number of rotatable bonds is 2. The maximum atomic E-state index is 13.0. The normalized spacial score (nSPS) is 18.5. The second kappa shape index (κ2) is 5.49. The fraction of sp³-hybridized carbons (Fsp3) is 0.300. The number of hydrogen-bond acceptors (Lipinski definition) is 4. The molecular weight excluding hydrogens is 328 g/mol. The standard InChI is InChI=1S/C20H20N4O2/c25-16-12-22-18-15(6-9-21-18)17(16)23-10-11-24(20(13-23)7-8-20)19(26)14-4-2-1-3-5-14/h1-6,9,12,25H,7-8,10-11,13H2,(H,21,22). The highest BCUT2D eigenvalue weighted by Crippen LogP contribution is 2.47. The minimum atomic E-state index is -0.122. The highest BCUT2D eigenvalue weighted by molar-refractivity contribution is 5.96. The van der Waals surface area contributed by atoms with E-state index in [2.05, 4.69) is 14.9 Å². The molecule has 3 heterocycles. The minimum absolute atomic E-state index is 0.105. The van der Waals surface area contributed by atoms with E-state index in [9.17, 15) is 9.90 Å². The van der Waals surface area contributed by atoms with Crippen LogP contribution in [0.2, 0.25) is 0 Å². The van der Waals surface area contributed by atoms with Crippen LogP contribution < -0.4 is 4.90 Å². The molecule has 6 heteroatoms. The Hall–Kier alpha value is -3.02. The molecule has 1 aliphatic heterocycles. The average Bonchev–Trinajstić information content (AvgIpc) is 3.25. The van der Waals surface area contributed by atoms with Gasteiger partial charge in [-0.05, 0) is 31.0 Å². The Labute approximate surface area is 151 Å². The van der Waals surface area contributed by atoms with Crippen molar-refractivity contribution >= 4 is 22.6 Å². The number of aromatic amines is 1. The van der Waals surface area contributed by atoms with Crippen LogP contribution in [0.1, 0.15) is 23.2 Å². The number of nitrogens with one attached hydrogen (secondary N) is 1. The predicted octanol–water partition coefficient (Wildman–Crippen LogP) is 2.76. The molecule has 1 saturated heterocycles. The summed E-state index contributed by atoms with van der Waals surface area (Å²) in [7, 11) is 0. The van der Waals surface area contributed by atoms with Gasteiger partial charge in [-0.25, -0.2) is 4.98 Å². The molecular formula is C20H20N4O2. The number of amides is 1. The maximum absolute atomic E-state index is 13.0. The Balaban J connectivity index is 1.46. The number of fused-ring (bicyclic) bond motifs is 1. The van der Waals surface area contributed by atoms with Crippen molar-refractivity contribution in [3.05, 3.63) is 54.4 Å². The lowest BCUT2D eigenvalue weighted by molar-refractivity contribution is 0.0624. The quantitative estimate of drug-likeness (QED) is 0.747. The van der Waals surface area contributed by atoms with Crippen molar-refractivity contribution in [1.29, 1.82) is 0 Å². The molecule has 1 saturated carbocycles. The van der Waals surface area contributed by atoms with Gasteiger partial charge >= 0.3 is 0 Å². The van der Waals surface area contributed by atoms with Crippen LogP contribution >= 0.6 is 0 Å². The van der Waals surface area contributed by atoms with Gasteiger partial charge in [0.15, 0.2) is 5.75 Å². The van der Waals surface area contributed by atoms with Crippen LogP contribution in [-0.2, 0) is 0 Å². The monoisotopic (exact) mass is 348 g/mol. The third kappa shape index (κ3) is 2.25. The molecule has 26 heavy (non-hydrogen) atoms. The van der Waals surface area contributed by atoms with Crippen LogP contribution in [0.15, 0.2) is 48.8 Å². The average molecular weight is 348 g/mol. The molecule has 132 valence electrons. The van der Waals surface area contributed by atoms with Gasteiger partial charge < -0.3 is 19.9 Å². The summed E-state index contributed by atoms with van der Waals surface area (Å²) in [5.41, 5.74) is 2.20. The molecule has 2 aromatic heterocycles. The van der Waals surface area contributed by atoms with Gasteiger partial charge in [-0.3, -0.25) is 4.79 Å². The van der Waals surface area contributed by atoms with E-state index in [1.807, 2.05) is 47.5 Å². The molecule has 0 radical (unpaired) electrons. The number of aromatic hydroxyl groups is 1. The summed E-state index contributed by atoms with van der Waals surface area (Å²) in [4.78, 5) is 24.5. The molecule has 2 aliphatic rings. The highest BCUT2D eigenvalue weighted by atomic mass is 16.3. The fourth-order valence-corrected chi connectivity index (χ4v) is 4.11. The molecule has 0 unspecified atom stereocenters. The molecule has 0 atom stereocenters. The van der Waals surface area contributed by atoms with Gasteiger partial charge in [0.1, 0.15) is 5.65 Å². The number of nitrogens with zero attached hydrogens (tertiary/aromatic N) is 3. The zero-order valence-corrected chi connectivity index (χ0v) is 14.4. The number of carbonyl (C=O) groups excluding carboxylic acids is 1. The van der Waals surface area contributed by atoms with E-state index in [0.717, 1.165) is 41.7 Å². The van der Waals surface area contributed by atoms with Crippen LogP contribution in [0.25, 0.3) is 11.0 Å². The summed E-state index contributed by atoms with van der Waals surface area (Å²) in [5, 5.41) is 11.3. The van der Waals surface area contributed by atoms with Crippen molar-refractivity contribution in [1.82, 2.24) is 14.9 Å². The molecule has 6 nitrogen and oxygen atoms in total. The molecule has 1 amide bonds. The first-order valence-corrected chi connectivity index (χ1v) is 8.95. The fourth-order valence-electron chi connectivity index (χ4n) is 4.11. The first kappa shape index (κ1) is 15.3. The smallest absolute Gasteiger partial charge is 0.254 e. The first-order valence-electron chi connectivity index (χ1n) is 8.95. The molecule has 1 aliphatic carbocycles. The SMILES string of the molecule is O=C(c1ccccc1)N1CCN(c2c(O)cnc3[nH]ccc23)CC12CC2. The predicted molar refractivity (Wildman–Crippen MR) is 99.4 cm³/mol. The molecule has 1 spiro atoms. The van der Waals surface area contributed by atoms with Crippen molar-refractivity contribution in [2.24, 2.45) is 0 Å². The lowest BCUT2D eigenvalue weighted by Gasteiger charge is -2.43. The summed E-state index contributed by atoms with van der Waals surface area (Å²) in [6.07, 6.45) is 5.34. The Morgan fingerprint density at radius 3 is 2.73 bits per heavy atom. The van der Waals surface area contributed by atoms with Gasteiger partial charge in [-0.1, -0.05) is 18.2 Å². The van der Waals surface area contributed by atoms with Crippen molar-refractivity contribution in [3.8, 4) is 5.75 Å². The van der Waals surface area contributed by atoms with Crippen molar-refractivity contribution in [3.63, 3.8) is 0 Å². The first-order chi connectivity index (χ1) is 12.7. The zero-order chi connectivity index (χ0) is 17.7. The van der Waals surface area contributed by atoms with Crippen molar-refractivity contribution in [2.75, 3.05) is 24.5 Å². The van der Waals surface area contributed by atoms with Crippen LogP contribution in [0.4, 0.5) is 5.69 Å². The van der Waals surface area contributed by atoms with Gasteiger partial charge in [0.2, 0.25) is 0 Å². The molecule has 5 rings (SSSR count). The summed E-state index contributed by atoms with van der Waals surface area (Å²) in [6.45, 7) is 2.09. The number of carbonyl (C=O) groups is 1. The van der Waals surface area contributed by atoms with E-state index in [1.54, 1.807) is 0 Å². The number of hydrogen-bond donors (Lipinski definition) is 2. The Bertz CT molecular complexity index is 978. The van der Waals surface area contributed by atoms with Crippen LogP contribution in [-0.4, -0.2) is 51.1 Å². The number of piperazine rings is 1. The van der Waals surface area contributed by atoms with Gasteiger partial charge in [-0.15, -0.1) is 0 Å². The third-order valence-corrected chi connectivity index (χ3v) is 5.60. The minimum Gasteiger partial charge on any atom is -0.504 e. The van der Waals surface area contributed by atoms with Crippen molar-refractivity contribution < 1.29 is 9.90 Å². The number of anilines is 1. The van der Waals surface area contributed by atoms with E-state index in [-0.39, 0.29) is 17.2 Å². The van der Waals surface area contributed by atoms with E-state index in [0.29, 0.717) is 13.1 Å². The summed E-state index contributed by atoms with van der Waals surface area (Å²) in [5.74, 6) is 0.296. The topological polar surface area (TPSA) is 72.5 Å². The summed E-state index contributed by atoms with van der Waals surface area (Å²) < 4.78 is 0. The molecule has 0 bridgehead atoms. The highest BCUT2D eigenvalue weighted by Gasteiger charge is 2.53. The second-order valence-corrected chi connectivity index (χ2v) is 7.20. The summed E-state index contributed by atoms with van der Waals surface area (Å²) in [6, 6.07) is 11.4. The third-order valence-electron chi connectivity index (χ3n) is 5.60. The van der Waals surface area contributed by atoms with Gasteiger partial charge in [0.25, 0.3) is 5.91 Å². The molecule has 2 fully saturated rings. The number of aromatic nitrogens is 2. The lowest BCUT2D eigenvalue weighted by Crippen LogP contribution is -2.57. The molecule has 3 aromatic rings. The zero-order valence-electron chi connectivity index (χ0n) is 14.4. The van der Waals surface area contributed by atoms with Crippen LogP contribution in [0, 0.1) is 0 Å². The Kier molecular flexibility index (Phi) is 3.22. The Morgan fingerprint density at radius 2 is 1.96 bits per heavy atom. The number of benzene rings is 1. The number of pyridine rings is 1. The molecule has 2 N–H and O–H groups in total. The van der Waals surface area contributed by atoms with E-state index < -0.39 is 0 Å². The van der Waals surface area contributed by atoms with Crippen molar-refractivity contribution in [2.45, 2.75) is 18.4 Å². The van der Waals surface area contributed by atoms with E-state index in [1.165, 1.54) is 6.20 Å². The largest absolute Gasteiger partial charge is 0.504 e. The van der Waals surface area contributed by atoms with Crippen LogP contribution in [0.3, 0.4) is 0 Å². The Morgan fingerprint density at radius 1 is 1.15 bits per heavy atom. The summed E-state index contributed by atoms with van der Waals surface area (Å²) >= 11 is 0. The lowest BCUT2D eigenvalue weighted by atomic mass is 10.1. The number of H-pyrrole nitrogens is 1. The maximum Gasteiger partial charge on any atom is 0.254 e. The van der Waals surface area contributed by atoms with Gasteiger partial charge in [-0.2, -0.15) is 0 Å². The molecule has 1 aromatic carbocycles. The second-order valence-electron chi connectivity index (χ2n) is 7.20.